The van der Waals surface area contributed by atoms with E-state index in [2.05, 4.69) is 0 Å². The van der Waals surface area contributed by atoms with Crippen molar-refractivity contribution in [3.05, 3.63) is 41.5 Å². The second kappa shape index (κ2) is 4.36. The van der Waals surface area contributed by atoms with Crippen molar-refractivity contribution >= 4 is 18.1 Å². The fourth-order valence-electron chi connectivity index (χ4n) is 0.883. The van der Waals surface area contributed by atoms with Gasteiger partial charge in [-0.15, -0.1) is 0 Å². The highest BCUT2D eigenvalue weighted by molar-refractivity contribution is 6.31. The topological polar surface area (TPSA) is 34.1 Å². The zero-order valence-electron chi connectivity index (χ0n) is 7.28. The van der Waals surface area contributed by atoms with Gasteiger partial charge in [0, 0.05) is 0 Å². The van der Waals surface area contributed by atoms with E-state index < -0.39 is 5.78 Å². The molecule has 1 aromatic carbocycles. The largest absolute Gasteiger partial charge is 0.285 e. The Hall–Kier alpha value is -1.70. The first kappa shape index (κ1) is 9.39. The van der Waals surface area contributed by atoms with Crippen LogP contribution in [-0.4, -0.2) is 12.1 Å². The number of allylic oxidation sites excluding steroid dienone is 1. The standard InChI is InChI=1S/C11H9O2/c1-9-2-4-10(5-3-9)6-7-11(13)8-12/h2-7H,1H3. The van der Waals surface area contributed by atoms with E-state index in [0.717, 1.165) is 11.1 Å². The second-order valence-electron chi connectivity index (χ2n) is 2.71. The molecule has 0 aliphatic heterocycles. The third-order valence-corrected chi connectivity index (χ3v) is 1.61. The van der Waals surface area contributed by atoms with Gasteiger partial charge in [-0.1, -0.05) is 35.9 Å². The smallest absolute Gasteiger partial charge is 0.276 e. The zero-order chi connectivity index (χ0) is 9.68. The SMILES string of the molecule is Cc1ccc(C=CC(=O)[C]=O)cc1. The van der Waals surface area contributed by atoms with Crippen molar-refractivity contribution in [2.24, 2.45) is 0 Å². The van der Waals surface area contributed by atoms with Crippen LogP contribution in [0, 0.1) is 6.92 Å². The molecule has 2 heteroatoms. The van der Waals surface area contributed by atoms with Gasteiger partial charge >= 0.3 is 0 Å². The summed E-state index contributed by atoms with van der Waals surface area (Å²) in [5.41, 5.74) is 2.06. The van der Waals surface area contributed by atoms with Crippen LogP contribution in [-0.2, 0) is 9.59 Å². The molecule has 0 amide bonds. The molecule has 0 atom stereocenters. The minimum atomic E-state index is -0.638. The van der Waals surface area contributed by atoms with E-state index in [1.54, 1.807) is 6.08 Å². The molecular weight excluding hydrogens is 164 g/mol. The molecule has 0 N–H and O–H groups in total. The lowest BCUT2D eigenvalue weighted by atomic mass is 10.1. The van der Waals surface area contributed by atoms with Gasteiger partial charge in [0.05, 0.1) is 0 Å². The van der Waals surface area contributed by atoms with Crippen LogP contribution in [0.25, 0.3) is 6.08 Å². The predicted molar refractivity (Wildman–Crippen MR) is 50.9 cm³/mol. The molecule has 0 heterocycles. The summed E-state index contributed by atoms with van der Waals surface area (Å²) in [6.45, 7) is 1.98. The number of hydrogen-bond acceptors (Lipinski definition) is 2. The van der Waals surface area contributed by atoms with Crippen molar-refractivity contribution in [2.45, 2.75) is 6.92 Å². The van der Waals surface area contributed by atoms with Gasteiger partial charge in [0.2, 0.25) is 5.78 Å². The van der Waals surface area contributed by atoms with Crippen molar-refractivity contribution in [3.8, 4) is 0 Å². The first-order valence-electron chi connectivity index (χ1n) is 3.89. The average Bonchev–Trinajstić information content (AvgIpc) is 2.16. The van der Waals surface area contributed by atoms with Crippen molar-refractivity contribution < 1.29 is 9.59 Å². The van der Waals surface area contributed by atoms with Crippen LogP contribution < -0.4 is 0 Å². The van der Waals surface area contributed by atoms with Crippen LogP contribution in [0.2, 0.25) is 0 Å². The maximum absolute atomic E-state index is 10.5. The van der Waals surface area contributed by atoms with Gasteiger partial charge in [0.25, 0.3) is 6.29 Å². The highest BCUT2D eigenvalue weighted by Crippen LogP contribution is 2.04. The summed E-state index contributed by atoms with van der Waals surface area (Å²) in [5.74, 6) is -0.638. The minimum absolute atomic E-state index is 0.638. The van der Waals surface area contributed by atoms with Gasteiger partial charge in [-0.05, 0) is 18.6 Å². The average molecular weight is 173 g/mol. The quantitative estimate of drug-likeness (QED) is 0.515. The Morgan fingerprint density at radius 3 is 2.46 bits per heavy atom. The number of hydrogen-bond donors (Lipinski definition) is 0. The first-order valence-corrected chi connectivity index (χ1v) is 3.89. The Morgan fingerprint density at radius 1 is 1.31 bits per heavy atom. The van der Waals surface area contributed by atoms with E-state index >= 15 is 0 Å². The van der Waals surface area contributed by atoms with Crippen LogP contribution in [0.3, 0.4) is 0 Å². The van der Waals surface area contributed by atoms with E-state index in [-0.39, 0.29) is 0 Å². The third kappa shape index (κ3) is 3.03. The molecule has 0 spiro atoms. The number of carbonyl (C=O) groups excluding carboxylic acids is 2. The van der Waals surface area contributed by atoms with Crippen LogP contribution in [0.4, 0.5) is 0 Å². The molecule has 2 nitrogen and oxygen atoms in total. The number of rotatable bonds is 3. The number of aryl methyl sites for hydroxylation is 1. The summed E-state index contributed by atoms with van der Waals surface area (Å²) >= 11 is 0. The van der Waals surface area contributed by atoms with Crippen molar-refractivity contribution in [3.63, 3.8) is 0 Å². The maximum atomic E-state index is 10.5. The molecule has 0 saturated carbocycles. The molecule has 1 aromatic rings. The van der Waals surface area contributed by atoms with Gasteiger partial charge in [-0.25, -0.2) is 0 Å². The third-order valence-electron chi connectivity index (χ3n) is 1.61. The molecule has 13 heavy (non-hydrogen) atoms. The van der Waals surface area contributed by atoms with Crippen molar-refractivity contribution in [2.75, 3.05) is 0 Å². The maximum Gasteiger partial charge on any atom is 0.276 e. The van der Waals surface area contributed by atoms with Gasteiger partial charge in [0.1, 0.15) is 0 Å². The van der Waals surface area contributed by atoms with E-state index in [1.165, 1.54) is 12.4 Å². The predicted octanol–water partition coefficient (Wildman–Crippen LogP) is 1.69. The summed E-state index contributed by atoms with van der Waals surface area (Å²) in [7, 11) is 0. The molecular formula is C11H9O2. The van der Waals surface area contributed by atoms with E-state index in [1.807, 2.05) is 31.2 Å². The Bertz CT molecular complexity index is 334. The molecule has 0 aliphatic rings. The van der Waals surface area contributed by atoms with Gasteiger partial charge in [-0.3, -0.25) is 9.59 Å². The Morgan fingerprint density at radius 2 is 1.92 bits per heavy atom. The first-order chi connectivity index (χ1) is 6.22. The van der Waals surface area contributed by atoms with E-state index in [4.69, 9.17) is 0 Å². The molecule has 0 fully saturated rings. The molecule has 0 saturated heterocycles. The lowest BCUT2D eigenvalue weighted by Crippen LogP contribution is -1.90. The summed E-state index contributed by atoms with van der Waals surface area (Å²) in [6, 6.07) is 7.64. The van der Waals surface area contributed by atoms with Gasteiger partial charge < -0.3 is 0 Å². The molecule has 0 unspecified atom stereocenters. The van der Waals surface area contributed by atoms with Crippen LogP contribution in [0.5, 0.6) is 0 Å². The van der Waals surface area contributed by atoms with Crippen LogP contribution >= 0.6 is 0 Å². The monoisotopic (exact) mass is 173 g/mol. The summed E-state index contributed by atoms with van der Waals surface area (Å²) in [5, 5.41) is 0. The Balaban J connectivity index is 2.74. The highest BCUT2D eigenvalue weighted by Gasteiger charge is 1.92. The van der Waals surface area contributed by atoms with Gasteiger partial charge in [-0.2, -0.15) is 0 Å². The lowest BCUT2D eigenvalue weighted by Gasteiger charge is -1.92. The van der Waals surface area contributed by atoms with E-state index in [0.29, 0.717) is 0 Å². The molecule has 0 bridgehead atoms. The Labute approximate surface area is 76.9 Å². The number of carbonyl (C=O) groups is 1. The second-order valence-corrected chi connectivity index (χ2v) is 2.71. The summed E-state index contributed by atoms with van der Waals surface area (Å²) < 4.78 is 0. The molecule has 65 valence electrons. The number of ketones is 1. The number of benzene rings is 1. The summed E-state index contributed by atoms with van der Waals surface area (Å²) in [4.78, 5) is 20.4. The fraction of sp³-hybridized carbons (Fsp3) is 0.0909. The molecule has 1 radical (unpaired) electrons. The van der Waals surface area contributed by atoms with E-state index in [9.17, 15) is 9.59 Å². The minimum Gasteiger partial charge on any atom is -0.285 e. The molecule has 0 aromatic heterocycles. The van der Waals surface area contributed by atoms with Crippen molar-refractivity contribution in [1.29, 1.82) is 0 Å². The molecule has 0 aliphatic carbocycles. The van der Waals surface area contributed by atoms with Crippen LogP contribution in [0.1, 0.15) is 11.1 Å². The normalized spacial score (nSPS) is 10.2. The van der Waals surface area contributed by atoms with Crippen molar-refractivity contribution in [1.82, 2.24) is 0 Å². The van der Waals surface area contributed by atoms with Crippen LogP contribution in [0.15, 0.2) is 30.3 Å². The fourth-order valence-corrected chi connectivity index (χ4v) is 0.883. The highest BCUT2D eigenvalue weighted by atomic mass is 16.2. The van der Waals surface area contributed by atoms with Gasteiger partial charge in [0.15, 0.2) is 0 Å². The zero-order valence-corrected chi connectivity index (χ0v) is 7.28. The molecule has 1 rings (SSSR count). The lowest BCUT2D eigenvalue weighted by molar-refractivity contribution is -0.108. The summed E-state index contributed by atoms with van der Waals surface area (Å²) in [6.07, 6.45) is 4.07. The Kier molecular flexibility index (Phi) is 3.15.